The van der Waals surface area contributed by atoms with Crippen LogP contribution in [0.2, 0.25) is 0 Å². The number of ether oxygens (including phenoxy) is 1. The third-order valence-corrected chi connectivity index (χ3v) is 4.86. The van der Waals surface area contributed by atoms with E-state index in [-0.39, 0.29) is 22.7 Å². The van der Waals surface area contributed by atoms with Gasteiger partial charge in [0.1, 0.15) is 5.52 Å². The molecule has 0 bridgehead atoms. The van der Waals surface area contributed by atoms with Crippen molar-refractivity contribution in [2.45, 2.75) is 13.8 Å². The number of aryl methyl sites for hydroxylation is 2. The molecular formula is C23H19N3O5. The summed E-state index contributed by atoms with van der Waals surface area (Å²) in [6.07, 6.45) is 1.37. The van der Waals surface area contributed by atoms with E-state index in [0.717, 1.165) is 28.3 Å². The van der Waals surface area contributed by atoms with E-state index in [9.17, 15) is 15.2 Å². The number of aliphatic imine (C=N–C) groups is 1. The van der Waals surface area contributed by atoms with Crippen LogP contribution in [-0.2, 0) is 0 Å². The highest BCUT2D eigenvalue weighted by atomic mass is 16.6. The molecule has 31 heavy (non-hydrogen) atoms. The van der Waals surface area contributed by atoms with Gasteiger partial charge in [-0.1, -0.05) is 12.1 Å². The molecule has 1 N–H and O–H groups in total. The topological polar surface area (TPSA) is 111 Å². The molecule has 0 amide bonds. The van der Waals surface area contributed by atoms with E-state index in [1.165, 1.54) is 19.4 Å². The van der Waals surface area contributed by atoms with Crippen LogP contribution in [0, 0.1) is 24.0 Å². The Morgan fingerprint density at radius 1 is 1.16 bits per heavy atom. The minimum atomic E-state index is -0.555. The largest absolute Gasteiger partial charge is 0.504 e. The van der Waals surface area contributed by atoms with E-state index >= 15 is 0 Å². The molecule has 0 saturated carbocycles. The molecular weight excluding hydrogens is 398 g/mol. The minimum absolute atomic E-state index is 0.00268. The maximum atomic E-state index is 11.2. The van der Waals surface area contributed by atoms with Gasteiger partial charge in [-0.2, -0.15) is 0 Å². The first-order valence-electron chi connectivity index (χ1n) is 9.43. The van der Waals surface area contributed by atoms with Gasteiger partial charge in [-0.3, -0.25) is 15.1 Å². The Kier molecular flexibility index (Phi) is 5.12. The highest BCUT2D eigenvalue weighted by Crippen LogP contribution is 2.34. The lowest BCUT2D eigenvalue weighted by Crippen LogP contribution is -1.94. The summed E-state index contributed by atoms with van der Waals surface area (Å²) in [5, 5.41) is 21.5. The fraction of sp³-hybridized carbons (Fsp3) is 0.130. The molecule has 156 valence electrons. The molecule has 1 aromatic heterocycles. The highest BCUT2D eigenvalue weighted by molar-refractivity contribution is 5.88. The lowest BCUT2D eigenvalue weighted by molar-refractivity contribution is -0.385. The third kappa shape index (κ3) is 3.95. The van der Waals surface area contributed by atoms with Crippen molar-refractivity contribution >= 4 is 28.7 Å². The number of benzene rings is 3. The molecule has 0 aliphatic rings. The van der Waals surface area contributed by atoms with Crippen molar-refractivity contribution in [2.75, 3.05) is 7.11 Å². The number of rotatable bonds is 5. The van der Waals surface area contributed by atoms with Gasteiger partial charge in [0.15, 0.2) is 17.1 Å². The van der Waals surface area contributed by atoms with Crippen LogP contribution in [-0.4, -0.2) is 28.3 Å². The van der Waals surface area contributed by atoms with Crippen LogP contribution in [0.1, 0.15) is 16.7 Å². The second kappa shape index (κ2) is 7.91. The Bertz CT molecular complexity index is 1340. The molecule has 8 heteroatoms. The quantitative estimate of drug-likeness (QED) is 0.261. The monoisotopic (exact) mass is 417 g/mol. The van der Waals surface area contributed by atoms with Gasteiger partial charge in [0, 0.05) is 23.4 Å². The second-order valence-electron chi connectivity index (χ2n) is 7.09. The van der Waals surface area contributed by atoms with Gasteiger partial charge in [0.2, 0.25) is 5.89 Å². The summed E-state index contributed by atoms with van der Waals surface area (Å²) in [7, 11) is 1.33. The van der Waals surface area contributed by atoms with Crippen molar-refractivity contribution in [1.29, 1.82) is 0 Å². The molecule has 1 heterocycles. The molecule has 0 aliphatic heterocycles. The third-order valence-electron chi connectivity index (χ3n) is 4.86. The van der Waals surface area contributed by atoms with E-state index in [2.05, 4.69) is 9.98 Å². The summed E-state index contributed by atoms with van der Waals surface area (Å²) < 4.78 is 10.9. The summed E-state index contributed by atoms with van der Waals surface area (Å²) in [6, 6.07) is 13.8. The maximum Gasteiger partial charge on any atom is 0.274 e. The number of phenolic OH excluding ortho intramolecular Hbond substituents is 1. The first kappa shape index (κ1) is 20.1. The highest BCUT2D eigenvalue weighted by Gasteiger charge is 2.16. The van der Waals surface area contributed by atoms with Crippen molar-refractivity contribution in [2.24, 2.45) is 4.99 Å². The van der Waals surface area contributed by atoms with Gasteiger partial charge in [0.05, 0.1) is 23.8 Å². The average Bonchev–Trinajstić information content (AvgIpc) is 3.17. The zero-order chi connectivity index (χ0) is 22.1. The summed E-state index contributed by atoms with van der Waals surface area (Å²) >= 11 is 0. The second-order valence-corrected chi connectivity index (χ2v) is 7.09. The lowest BCUT2D eigenvalue weighted by Gasteiger charge is -2.06. The molecule has 0 radical (unpaired) electrons. The van der Waals surface area contributed by atoms with Crippen molar-refractivity contribution in [3.8, 4) is 23.0 Å². The van der Waals surface area contributed by atoms with Crippen LogP contribution in [0.25, 0.3) is 22.6 Å². The number of aromatic nitrogens is 1. The number of hydrogen-bond donors (Lipinski definition) is 1. The molecule has 4 aromatic rings. The molecule has 0 unspecified atom stereocenters. The van der Waals surface area contributed by atoms with Crippen molar-refractivity contribution in [3.63, 3.8) is 0 Å². The number of methoxy groups -OCH3 is 1. The Balaban J connectivity index is 1.73. The summed E-state index contributed by atoms with van der Waals surface area (Å²) in [6.45, 7) is 3.87. The smallest absolute Gasteiger partial charge is 0.274 e. The van der Waals surface area contributed by atoms with E-state index in [1.54, 1.807) is 0 Å². The fourth-order valence-corrected chi connectivity index (χ4v) is 3.15. The van der Waals surface area contributed by atoms with Crippen LogP contribution in [0.3, 0.4) is 0 Å². The number of nitro benzene ring substituents is 1. The Labute approximate surface area is 177 Å². The zero-order valence-electron chi connectivity index (χ0n) is 17.1. The molecule has 0 atom stereocenters. The van der Waals surface area contributed by atoms with Crippen LogP contribution in [0.4, 0.5) is 11.4 Å². The van der Waals surface area contributed by atoms with Crippen LogP contribution in [0.15, 0.2) is 57.9 Å². The van der Waals surface area contributed by atoms with Gasteiger partial charge in [0.25, 0.3) is 5.69 Å². The number of fused-ring (bicyclic) bond motifs is 1. The van der Waals surface area contributed by atoms with Gasteiger partial charge in [-0.25, -0.2) is 4.98 Å². The average molecular weight is 417 g/mol. The number of oxazole rings is 1. The summed E-state index contributed by atoms with van der Waals surface area (Å²) in [4.78, 5) is 19.6. The standard InChI is InChI=1S/C23H19N3O5/c1-13-4-7-18-20(8-13)31-23(25-18)15-6-5-14(2)19(10-15)24-12-16-9-17(26(28)29)11-21(30-3)22(16)27/h4-12,27H,1-3H3. The lowest BCUT2D eigenvalue weighted by atomic mass is 10.1. The van der Waals surface area contributed by atoms with Crippen molar-refractivity contribution < 1.29 is 19.2 Å². The number of aromatic hydroxyl groups is 1. The SMILES string of the molecule is COc1cc([N+](=O)[O-])cc(C=Nc2cc(-c3nc4ccc(C)cc4o3)ccc2C)c1O. The molecule has 4 rings (SSSR count). The number of hydrogen-bond acceptors (Lipinski definition) is 7. The first-order valence-corrected chi connectivity index (χ1v) is 9.43. The molecule has 3 aromatic carbocycles. The van der Waals surface area contributed by atoms with E-state index in [1.807, 2.05) is 50.2 Å². The fourth-order valence-electron chi connectivity index (χ4n) is 3.15. The predicted octanol–water partition coefficient (Wildman–Crippen LogP) is 5.48. The molecule has 0 spiro atoms. The molecule has 8 nitrogen and oxygen atoms in total. The maximum absolute atomic E-state index is 11.2. The number of nitro groups is 1. The van der Waals surface area contributed by atoms with Gasteiger partial charge in [-0.05, 0) is 49.2 Å². The number of nitrogens with zero attached hydrogens (tertiary/aromatic N) is 3. The number of phenols is 1. The Morgan fingerprint density at radius 2 is 1.97 bits per heavy atom. The van der Waals surface area contributed by atoms with Gasteiger partial charge >= 0.3 is 0 Å². The normalized spacial score (nSPS) is 11.3. The van der Waals surface area contributed by atoms with Crippen LogP contribution < -0.4 is 4.74 Å². The Hall–Kier alpha value is -4.20. The van der Waals surface area contributed by atoms with Crippen LogP contribution in [0.5, 0.6) is 11.5 Å². The summed E-state index contributed by atoms with van der Waals surface area (Å²) in [5.74, 6) is 0.250. The molecule has 0 saturated heterocycles. The van der Waals surface area contributed by atoms with Gasteiger partial charge < -0.3 is 14.3 Å². The van der Waals surface area contributed by atoms with E-state index < -0.39 is 4.92 Å². The first-order chi connectivity index (χ1) is 14.9. The molecule has 0 aliphatic carbocycles. The summed E-state index contributed by atoms with van der Waals surface area (Å²) in [5.41, 5.74) is 4.75. The van der Waals surface area contributed by atoms with Crippen LogP contribution >= 0.6 is 0 Å². The minimum Gasteiger partial charge on any atom is -0.504 e. The van der Waals surface area contributed by atoms with E-state index in [4.69, 9.17) is 9.15 Å². The van der Waals surface area contributed by atoms with Crippen molar-refractivity contribution in [3.05, 3.63) is 75.3 Å². The zero-order valence-corrected chi connectivity index (χ0v) is 17.1. The van der Waals surface area contributed by atoms with Crippen molar-refractivity contribution in [1.82, 2.24) is 4.98 Å². The molecule has 0 fully saturated rings. The van der Waals surface area contributed by atoms with E-state index in [0.29, 0.717) is 17.2 Å². The number of non-ortho nitro benzene ring substituents is 1. The predicted molar refractivity (Wildman–Crippen MR) is 117 cm³/mol. The van der Waals surface area contributed by atoms with Gasteiger partial charge in [-0.15, -0.1) is 0 Å². The Morgan fingerprint density at radius 3 is 2.71 bits per heavy atom.